The molecule has 0 aliphatic rings. The van der Waals surface area contributed by atoms with Crippen molar-refractivity contribution in [3.05, 3.63) is 64.6 Å². The van der Waals surface area contributed by atoms with Crippen LogP contribution in [0.15, 0.2) is 53.5 Å². The van der Waals surface area contributed by atoms with Gasteiger partial charge in [0.1, 0.15) is 0 Å². The molecule has 1 N–H and O–H groups in total. The molecule has 0 aromatic carbocycles. The van der Waals surface area contributed by atoms with Crippen LogP contribution >= 0.6 is 11.3 Å². The maximum atomic E-state index is 12.3. The Hall–Kier alpha value is -2.73. The largest absolute Gasteiger partial charge is 0.478 e. The summed E-state index contributed by atoms with van der Waals surface area (Å²) in [5, 5.41) is 6.97. The minimum atomic E-state index is -0.175. The smallest absolute Gasteiger partial charge is 0.253 e. The Balaban J connectivity index is 1.69. The first-order valence-electron chi connectivity index (χ1n) is 7.61. The third kappa shape index (κ3) is 3.78. The number of thiophene rings is 1. The quantitative estimate of drug-likeness (QED) is 0.746. The Labute approximate surface area is 144 Å². The number of ether oxygens (including phenoxy) is 1. The third-order valence-electron chi connectivity index (χ3n) is 3.42. The average molecular weight is 339 g/mol. The van der Waals surface area contributed by atoms with Gasteiger partial charge in [-0.2, -0.15) is 11.3 Å². The molecule has 0 aliphatic heterocycles. The molecule has 0 saturated heterocycles. The molecule has 6 heteroatoms. The van der Waals surface area contributed by atoms with Crippen LogP contribution in [0.3, 0.4) is 0 Å². The normalized spacial score (nSPS) is 10.4. The van der Waals surface area contributed by atoms with Gasteiger partial charge in [0.2, 0.25) is 5.88 Å². The van der Waals surface area contributed by atoms with Gasteiger partial charge in [0, 0.05) is 35.9 Å². The molecule has 0 unspecified atom stereocenters. The monoisotopic (exact) mass is 339 g/mol. The second-order valence-electron chi connectivity index (χ2n) is 5.02. The second kappa shape index (κ2) is 7.70. The molecule has 3 rings (SSSR count). The first-order valence-corrected chi connectivity index (χ1v) is 8.55. The van der Waals surface area contributed by atoms with Gasteiger partial charge >= 0.3 is 0 Å². The minimum absolute atomic E-state index is 0.175. The van der Waals surface area contributed by atoms with Crippen LogP contribution in [-0.2, 0) is 6.54 Å². The molecule has 24 heavy (non-hydrogen) atoms. The Bertz CT molecular complexity index is 801. The standard InChI is InChI=1S/C18H17N3O2S/c1-2-23-16-6-5-14(11-20-16)18(22)21-10-13-4-3-8-19-17(13)15-7-9-24-12-15/h3-9,11-12H,2,10H2,1H3,(H,21,22). The maximum absolute atomic E-state index is 12.3. The van der Waals surface area contributed by atoms with Gasteiger partial charge in [-0.1, -0.05) is 6.07 Å². The van der Waals surface area contributed by atoms with Gasteiger partial charge in [-0.25, -0.2) is 4.98 Å². The van der Waals surface area contributed by atoms with Crippen LogP contribution in [0.5, 0.6) is 5.88 Å². The van der Waals surface area contributed by atoms with Gasteiger partial charge in [0.25, 0.3) is 5.91 Å². The van der Waals surface area contributed by atoms with Crippen LogP contribution in [0.1, 0.15) is 22.8 Å². The lowest BCUT2D eigenvalue weighted by Crippen LogP contribution is -2.23. The van der Waals surface area contributed by atoms with E-state index < -0.39 is 0 Å². The highest BCUT2D eigenvalue weighted by atomic mass is 32.1. The lowest BCUT2D eigenvalue weighted by atomic mass is 10.1. The Morgan fingerprint density at radius 1 is 1.25 bits per heavy atom. The van der Waals surface area contributed by atoms with Crippen molar-refractivity contribution >= 4 is 17.2 Å². The predicted molar refractivity (Wildman–Crippen MR) is 94.1 cm³/mol. The number of aromatic nitrogens is 2. The number of nitrogens with one attached hydrogen (secondary N) is 1. The summed E-state index contributed by atoms with van der Waals surface area (Å²) in [4.78, 5) is 20.8. The summed E-state index contributed by atoms with van der Waals surface area (Å²) in [6.07, 6.45) is 3.28. The van der Waals surface area contributed by atoms with E-state index in [1.165, 1.54) is 6.20 Å². The fraction of sp³-hybridized carbons (Fsp3) is 0.167. The van der Waals surface area contributed by atoms with E-state index in [9.17, 15) is 4.79 Å². The van der Waals surface area contributed by atoms with Crippen molar-refractivity contribution < 1.29 is 9.53 Å². The molecule has 3 aromatic rings. The summed E-state index contributed by atoms with van der Waals surface area (Å²) in [7, 11) is 0. The number of nitrogens with zero attached hydrogens (tertiary/aromatic N) is 2. The van der Waals surface area contributed by atoms with Crippen LogP contribution in [-0.4, -0.2) is 22.5 Å². The average Bonchev–Trinajstić information content (AvgIpc) is 3.15. The minimum Gasteiger partial charge on any atom is -0.478 e. The van der Waals surface area contributed by atoms with Crippen LogP contribution in [0.4, 0.5) is 0 Å². The van der Waals surface area contributed by atoms with Gasteiger partial charge in [-0.05, 0) is 36.1 Å². The van der Waals surface area contributed by atoms with Crippen LogP contribution in [0, 0.1) is 0 Å². The van der Waals surface area contributed by atoms with Crippen molar-refractivity contribution in [1.29, 1.82) is 0 Å². The SMILES string of the molecule is CCOc1ccc(C(=O)NCc2cccnc2-c2ccsc2)cn1. The first-order chi connectivity index (χ1) is 11.8. The van der Waals surface area contributed by atoms with Gasteiger partial charge in [0.15, 0.2) is 0 Å². The highest BCUT2D eigenvalue weighted by Gasteiger charge is 2.10. The Morgan fingerprint density at radius 2 is 2.17 bits per heavy atom. The zero-order valence-corrected chi connectivity index (χ0v) is 14.0. The highest BCUT2D eigenvalue weighted by molar-refractivity contribution is 7.08. The molecule has 0 atom stereocenters. The molecular weight excluding hydrogens is 322 g/mol. The van der Waals surface area contributed by atoms with Crippen molar-refractivity contribution in [3.63, 3.8) is 0 Å². The summed E-state index contributed by atoms with van der Waals surface area (Å²) in [5.41, 5.74) is 3.43. The van der Waals surface area contributed by atoms with E-state index in [0.29, 0.717) is 24.6 Å². The van der Waals surface area contributed by atoms with E-state index in [1.807, 2.05) is 35.9 Å². The Morgan fingerprint density at radius 3 is 2.88 bits per heavy atom. The van der Waals surface area contributed by atoms with Gasteiger partial charge in [-0.15, -0.1) is 0 Å². The maximum Gasteiger partial charge on any atom is 0.253 e. The number of hydrogen-bond acceptors (Lipinski definition) is 5. The van der Waals surface area contributed by atoms with Crippen molar-refractivity contribution in [2.45, 2.75) is 13.5 Å². The summed E-state index contributed by atoms with van der Waals surface area (Å²) >= 11 is 1.62. The van der Waals surface area contributed by atoms with Gasteiger partial charge < -0.3 is 10.1 Å². The number of carbonyl (C=O) groups excluding carboxylic acids is 1. The van der Waals surface area contributed by atoms with E-state index in [1.54, 1.807) is 29.7 Å². The van der Waals surface area contributed by atoms with Crippen molar-refractivity contribution in [2.24, 2.45) is 0 Å². The van der Waals surface area contributed by atoms with Crippen molar-refractivity contribution in [1.82, 2.24) is 15.3 Å². The molecule has 0 radical (unpaired) electrons. The third-order valence-corrected chi connectivity index (χ3v) is 4.10. The second-order valence-corrected chi connectivity index (χ2v) is 5.80. The number of hydrogen-bond donors (Lipinski definition) is 1. The molecule has 0 aliphatic carbocycles. The molecular formula is C18H17N3O2S. The topological polar surface area (TPSA) is 64.1 Å². The highest BCUT2D eigenvalue weighted by Crippen LogP contribution is 2.23. The first kappa shape index (κ1) is 16.1. The molecule has 5 nitrogen and oxygen atoms in total. The summed E-state index contributed by atoms with van der Waals surface area (Å²) in [6, 6.07) is 9.26. The Kier molecular flexibility index (Phi) is 5.18. The van der Waals surface area contributed by atoms with E-state index in [4.69, 9.17) is 4.74 Å². The van der Waals surface area contributed by atoms with E-state index in [0.717, 1.165) is 16.8 Å². The molecule has 0 spiro atoms. The fourth-order valence-electron chi connectivity index (χ4n) is 2.27. The van der Waals surface area contributed by atoms with E-state index >= 15 is 0 Å². The lowest BCUT2D eigenvalue weighted by molar-refractivity contribution is 0.0950. The van der Waals surface area contributed by atoms with Crippen LogP contribution in [0.2, 0.25) is 0 Å². The van der Waals surface area contributed by atoms with E-state index in [2.05, 4.69) is 15.3 Å². The zero-order valence-electron chi connectivity index (χ0n) is 13.2. The summed E-state index contributed by atoms with van der Waals surface area (Å²) in [6.45, 7) is 2.84. The number of pyridine rings is 2. The molecule has 0 fully saturated rings. The molecule has 122 valence electrons. The lowest BCUT2D eigenvalue weighted by Gasteiger charge is -2.09. The molecule has 0 bridgehead atoms. The van der Waals surface area contributed by atoms with Crippen molar-refractivity contribution in [3.8, 4) is 17.1 Å². The molecule has 3 heterocycles. The van der Waals surface area contributed by atoms with Crippen LogP contribution in [0.25, 0.3) is 11.3 Å². The molecule has 1 amide bonds. The van der Waals surface area contributed by atoms with Crippen LogP contribution < -0.4 is 10.1 Å². The van der Waals surface area contributed by atoms with Gasteiger partial charge in [0.05, 0.1) is 17.9 Å². The molecule has 0 saturated carbocycles. The summed E-state index contributed by atoms with van der Waals surface area (Å²) in [5.74, 6) is 0.340. The summed E-state index contributed by atoms with van der Waals surface area (Å²) < 4.78 is 5.28. The number of rotatable bonds is 6. The van der Waals surface area contributed by atoms with E-state index in [-0.39, 0.29) is 5.91 Å². The number of amides is 1. The predicted octanol–water partition coefficient (Wildman–Crippen LogP) is 3.53. The number of carbonyl (C=O) groups is 1. The molecule has 3 aromatic heterocycles. The van der Waals surface area contributed by atoms with Gasteiger partial charge in [-0.3, -0.25) is 9.78 Å². The zero-order chi connectivity index (χ0) is 16.8. The fourth-order valence-corrected chi connectivity index (χ4v) is 2.91. The van der Waals surface area contributed by atoms with Crippen molar-refractivity contribution in [2.75, 3.05) is 6.61 Å².